The predicted octanol–water partition coefficient (Wildman–Crippen LogP) is 3.97. The highest BCUT2D eigenvalue weighted by molar-refractivity contribution is 6.28. The Bertz CT molecular complexity index is 686. The Kier molecular flexibility index (Phi) is 7.82. The molecule has 3 atom stereocenters. The molecule has 1 amide bonds. The van der Waals surface area contributed by atoms with Gasteiger partial charge in [-0.25, -0.2) is 4.98 Å². The molecule has 1 saturated carbocycles. The number of nitrogens with one attached hydrogen (secondary N) is 1. The molecule has 1 fully saturated rings. The van der Waals surface area contributed by atoms with Crippen LogP contribution in [0.4, 0.5) is 0 Å². The summed E-state index contributed by atoms with van der Waals surface area (Å²) in [7, 11) is 1.43. The van der Waals surface area contributed by atoms with Gasteiger partial charge in [-0.3, -0.25) is 4.79 Å². The Morgan fingerprint density at radius 2 is 2.14 bits per heavy atom. The first-order valence-corrected chi connectivity index (χ1v) is 10.4. The van der Waals surface area contributed by atoms with Gasteiger partial charge >= 0.3 is 0 Å². The number of methoxy groups -OCH3 is 1. The highest BCUT2D eigenvalue weighted by Gasteiger charge is 2.42. The maximum absolute atomic E-state index is 12.7. The van der Waals surface area contributed by atoms with Crippen LogP contribution in [-0.4, -0.2) is 53.6 Å². The van der Waals surface area contributed by atoms with Gasteiger partial charge in [0, 0.05) is 24.2 Å². The average molecular weight is 433 g/mol. The van der Waals surface area contributed by atoms with Crippen molar-refractivity contribution < 1.29 is 19.4 Å². The van der Waals surface area contributed by atoms with E-state index < -0.39 is 5.91 Å². The normalized spacial score (nSPS) is 25.1. The van der Waals surface area contributed by atoms with E-state index >= 15 is 0 Å². The lowest BCUT2D eigenvalue weighted by atomic mass is 9.63. The van der Waals surface area contributed by atoms with Crippen molar-refractivity contribution in [3.8, 4) is 11.5 Å². The highest BCUT2D eigenvalue weighted by Crippen LogP contribution is 2.46. The first-order chi connectivity index (χ1) is 13.1. The lowest BCUT2D eigenvalue weighted by Crippen LogP contribution is -2.48. The minimum atomic E-state index is -0.412. The molecule has 1 aliphatic rings. The second-order valence-electron chi connectivity index (χ2n) is 8.71. The Morgan fingerprint density at radius 3 is 2.79 bits per heavy atom. The van der Waals surface area contributed by atoms with Crippen molar-refractivity contribution in [3.05, 3.63) is 18.0 Å². The van der Waals surface area contributed by atoms with Crippen LogP contribution in [0, 0.1) is 10.8 Å². The minimum Gasteiger partial charge on any atom is -0.503 e. The molecule has 0 saturated heterocycles. The number of aromatic nitrogens is 1. The fraction of sp³-hybridized carbons (Fsp3) is 0.700. The van der Waals surface area contributed by atoms with E-state index in [2.05, 4.69) is 31.1 Å². The number of carbonyl (C=O) groups excluding carboxylic acids is 1. The standard InChI is InChI=1S/C20H30Cl2N2O4/c1-19(2)7-14(8-20(3,11-19)12-28-10-13(22)9-21)24-18(26)16-17(25)15(27-4)5-6-23-16/h5-6,13-14,25H,7-12H2,1-4H3,(H,24,26). The summed E-state index contributed by atoms with van der Waals surface area (Å²) in [5.74, 6) is -0.0973. The summed E-state index contributed by atoms with van der Waals surface area (Å²) >= 11 is 11.8. The molecule has 0 aromatic carbocycles. The number of carbonyl (C=O) groups is 1. The topological polar surface area (TPSA) is 80.7 Å². The van der Waals surface area contributed by atoms with Crippen LogP contribution in [0.3, 0.4) is 0 Å². The van der Waals surface area contributed by atoms with Gasteiger partial charge in [0.25, 0.3) is 5.91 Å². The molecule has 1 aromatic rings. The van der Waals surface area contributed by atoms with Gasteiger partial charge in [-0.2, -0.15) is 0 Å². The summed E-state index contributed by atoms with van der Waals surface area (Å²) in [4.78, 5) is 16.7. The summed E-state index contributed by atoms with van der Waals surface area (Å²) in [6, 6.07) is 1.45. The number of nitrogens with zero attached hydrogens (tertiary/aromatic N) is 1. The fourth-order valence-corrected chi connectivity index (χ4v) is 4.52. The van der Waals surface area contributed by atoms with Crippen LogP contribution in [0.1, 0.15) is 50.5 Å². The van der Waals surface area contributed by atoms with Crippen molar-refractivity contribution in [2.24, 2.45) is 10.8 Å². The third-order valence-electron chi connectivity index (χ3n) is 5.02. The fourth-order valence-electron chi connectivity index (χ4n) is 4.34. The Hall–Kier alpha value is -1.24. The zero-order chi connectivity index (χ0) is 20.9. The number of amides is 1. The smallest absolute Gasteiger partial charge is 0.274 e. The number of hydrogen-bond donors (Lipinski definition) is 2. The number of ether oxygens (including phenoxy) is 2. The van der Waals surface area contributed by atoms with Gasteiger partial charge in [0.1, 0.15) is 0 Å². The van der Waals surface area contributed by atoms with Crippen LogP contribution >= 0.6 is 23.2 Å². The molecule has 2 rings (SSSR count). The molecule has 0 bridgehead atoms. The predicted molar refractivity (Wildman–Crippen MR) is 111 cm³/mol. The third-order valence-corrected chi connectivity index (χ3v) is 5.83. The van der Waals surface area contributed by atoms with E-state index in [1.54, 1.807) is 0 Å². The van der Waals surface area contributed by atoms with Crippen LogP contribution in [0.5, 0.6) is 11.5 Å². The van der Waals surface area contributed by atoms with Gasteiger partial charge in [-0.1, -0.05) is 20.8 Å². The Morgan fingerprint density at radius 1 is 1.43 bits per heavy atom. The summed E-state index contributed by atoms with van der Waals surface area (Å²) in [5, 5.41) is 13.0. The van der Waals surface area contributed by atoms with Crippen molar-refractivity contribution >= 4 is 29.1 Å². The molecule has 0 spiro atoms. The molecule has 28 heavy (non-hydrogen) atoms. The van der Waals surface area contributed by atoms with E-state index in [0.717, 1.165) is 19.3 Å². The average Bonchev–Trinajstić information content (AvgIpc) is 2.59. The maximum Gasteiger partial charge on any atom is 0.274 e. The molecular formula is C20H30Cl2N2O4. The quantitative estimate of drug-likeness (QED) is 0.607. The number of aromatic hydroxyl groups is 1. The summed E-state index contributed by atoms with van der Waals surface area (Å²) in [5.41, 5.74) is -0.106. The van der Waals surface area contributed by atoms with Gasteiger partial charge in [-0.05, 0) is 30.1 Å². The molecule has 1 heterocycles. The van der Waals surface area contributed by atoms with E-state index in [1.165, 1.54) is 19.4 Å². The third kappa shape index (κ3) is 6.13. The Labute approximate surface area is 176 Å². The van der Waals surface area contributed by atoms with Crippen LogP contribution in [0.15, 0.2) is 12.3 Å². The van der Waals surface area contributed by atoms with E-state index in [9.17, 15) is 9.90 Å². The molecule has 1 aromatic heterocycles. The second kappa shape index (κ2) is 9.51. The first-order valence-electron chi connectivity index (χ1n) is 9.40. The summed E-state index contributed by atoms with van der Waals surface area (Å²) in [6.45, 7) is 7.49. The van der Waals surface area contributed by atoms with E-state index in [4.69, 9.17) is 32.7 Å². The van der Waals surface area contributed by atoms with Gasteiger partial charge in [0.15, 0.2) is 17.2 Å². The first kappa shape index (κ1) is 23.0. The number of rotatable bonds is 8. The molecule has 3 unspecified atom stereocenters. The molecule has 0 radical (unpaired) electrons. The number of pyridine rings is 1. The van der Waals surface area contributed by atoms with E-state index in [1.807, 2.05) is 0 Å². The van der Waals surface area contributed by atoms with Crippen molar-refractivity contribution in [1.29, 1.82) is 0 Å². The van der Waals surface area contributed by atoms with Crippen LogP contribution in [0.25, 0.3) is 0 Å². The maximum atomic E-state index is 12.7. The monoisotopic (exact) mass is 432 g/mol. The van der Waals surface area contributed by atoms with Gasteiger partial charge < -0.3 is 19.9 Å². The van der Waals surface area contributed by atoms with Crippen molar-refractivity contribution in [2.75, 3.05) is 26.2 Å². The number of hydrogen-bond acceptors (Lipinski definition) is 5. The summed E-state index contributed by atoms with van der Waals surface area (Å²) in [6.07, 6.45) is 4.01. The summed E-state index contributed by atoms with van der Waals surface area (Å²) < 4.78 is 10.9. The van der Waals surface area contributed by atoms with Gasteiger partial charge in [-0.15, -0.1) is 23.2 Å². The molecule has 0 aliphatic heterocycles. The van der Waals surface area contributed by atoms with Crippen LogP contribution in [0.2, 0.25) is 0 Å². The lowest BCUT2D eigenvalue weighted by Gasteiger charge is -2.46. The van der Waals surface area contributed by atoms with Gasteiger partial charge in [0.05, 0.1) is 25.7 Å². The molecule has 8 heteroatoms. The molecule has 2 N–H and O–H groups in total. The molecule has 1 aliphatic carbocycles. The number of alkyl halides is 2. The van der Waals surface area contributed by atoms with Crippen molar-refractivity contribution in [3.63, 3.8) is 0 Å². The highest BCUT2D eigenvalue weighted by atomic mass is 35.5. The SMILES string of the molecule is COc1ccnc(C(=O)NC2CC(C)(C)CC(C)(COCC(Cl)CCl)C2)c1O. The molecule has 158 valence electrons. The van der Waals surface area contributed by atoms with Crippen LogP contribution < -0.4 is 10.1 Å². The largest absolute Gasteiger partial charge is 0.503 e. The second-order valence-corrected chi connectivity index (χ2v) is 9.63. The van der Waals surface area contributed by atoms with Crippen molar-refractivity contribution in [1.82, 2.24) is 10.3 Å². The zero-order valence-corrected chi connectivity index (χ0v) is 18.4. The van der Waals surface area contributed by atoms with Crippen molar-refractivity contribution in [2.45, 2.75) is 51.5 Å². The van der Waals surface area contributed by atoms with E-state index in [-0.39, 0.29) is 39.4 Å². The lowest BCUT2D eigenvalue weighted by molar-refractivity contribution is -0.0124. The van der Waals surface area contributed by atoms with E-state index in [0.29, 0.717) is 19.1 Å². The minimum absolute atomic E-state index is 0.0327. The van der Waals surface area contributed by atoms with Gasteiger partial charge in [0.2, 0.25) is 0 Å². The molecular weight excluding hydrogens is 403 g/mol. The zero-order valence-electron chi connectivity index (χ0n) is 16.9. The molecule has 6 nitrogen and oxygen atoms in total. The van der Waals surface area contributed by atoms with Crippen LogP contribution in [-0.2, 0) is 4.74 Å². The Balaban J connectivity index is 2.07. The number of halogens is 2.